The molecule has 168 valence electrons. The summed E-state index contributed by atoms with van der Waals surface area (Å²) in [5.74, 6) is -0.115. The van der Waals surface area contributed by atoms with Crippen LogP contribution in [0.1, 0.15) is 50.4 Å². The number of aliphatic hydroxyl groups excluding tert-OH is 1. The Hall–Kier alpha value is -3.65. The average molecular weight is 437 g/mol. The second-order valence-corrected chi connectivity index (χ2v) is 7.66. The zero-order valence-electron chi connectivity index (χ0n) is 17.8. The summed E-state index contributed by atoms with van der Waals surface area (Å²) in [6.07, 6.45) is 6.14. The van der Waals surface area contributed by atoms with Crippen LogP contribution in [0, 0.1) is 0 Å². The number of nitrogens with one attached hydrogen (secondary N) is 3. The van der Waals surface area contributed by atoms with Crippen molar-refractivity contribution < 1.29 is 19.9 Å². The number of hydrogen-bond donors (Lipinski definition) is 5. The highest BCUT2D eigenvalue weighted by atomic mass is 16.5. The third kappa shape index (κ3) is 5.73. The van der Waals surface area contributed by atoms with E-state index in [-0.39, 0.29) is 29.9 Å². The summed E-state index contributed by atoms with van der Waals surface area (Å²) in [7, 11) is 0. The third-order valence-corrected chi connectivity index (χ3v) is 5.37. The molecule has 2 amide bonds. The van der Waals surface area contributed by atoms with Gasteiger partial charge >= 0.3 is 0 Å². The minimum atomic E-state index is -0.389. The van der Waals surface area contributed by atoms with Gasteiger partial charge in [-0.25, -0.2) is 10.5 Å². The summed E-state index contributed by atoms with van der Waals surface area (Å²) in [4.78, 5) is 31.7. The molecule has 1 atom stereocenters. The standard InChI is InChI=1S/C24H28N4O4/c1-16(14-15-29)24(31)26-20(10-4-2-3-5-11-21(30)28-32)23-25-19-13-12-17-8-6-7-9-18(17)22(19)27-23/h6-9,12-15,20,29,32H,1-5,10-11H2,(H,25,27)(H,26,31)(H,28,30)/b15-14-. The van der Waals surface area contributed by atoms with Gasteiger partial charge < -0.3 is 15.4 Å². The van der Waals surface area contributed by atoms with E-state index in [9.17, 15) is 9.59 Å². The highest BCUT2D eigenvalue weighted by Gasteiger charge is 2.20. The molecule has 0 bridgehead atoms. The van der Waals surface area contributed by atoms with Crippen LogP contribution >= 0.6 is 0 Å². The number of nitrogens with zero attached hydrogens (tertiary/aromatic N) is 1. The number of hydroxylamine groups is 1. The predicted octanol–water partition coefficient (Wildman–Crippen LogP) is 4.35. The predicted molar refractivity (Wildman–Crippen MR) is 123 cm³/mol. The lowest BCUT2D eigenvalue weighted by Crippen LogP contribution is -2.30. The van der Waals surface area contributed by atoms with Crippen molar-refractivity contribution in [2.75, 3.05) is 0 Å². The van der Waals surface area contributed by atoms with Gasteiger partial charge in [0.1, 0.15) is 5.82 Å². The summed E-state index contributed by atoms with van der Waals surface area (Å²) in [6, 6.07) is 11.7. The van der Waals surface area contributed by atoms with Gasteiger partial charge in [0.2, 0.25) is 5.91 Å². The summed E-state index contributed by atoms with van der Waals surface area (Å²) >= 11 is 0. The minimum absolute atomic E-state index is 0.147. The van der Waals surface area contributed by atoms with Crippen molar-refractivity contribution in [2.24, 2.45) is 0 Å². The van der Waals surface area contributed by atoms with Crippen molar-refractivity contribution in [2.45, 2.75) is 44.6 Å². The maximum atomic E-state index is 12.5. The van der Waals surface area contributed by atoms with Crippen LogP contribution < -0.4 is 10.8 Å². The zero-order chi connectivity index (χ0) is 22.9. The van der Waals surface area contributed by atoms with E-state index in [1.165, 1.54) is 6.08 Å². The molecule has 0 saturated carbocycles. The SMILES string of the molecule is C=C(/C=C\O)C(=O)NC(CCCCCCC(=O)NO)c1nc2c(ccc3ccccc32)[nH]1. The fourth-order valence-corrected chi connectivity index (χ4v) is 3.67. The van der Waals surface area contributed by atoms with Crippen molar-refractivity contribution in [3.05, 3.63) is 66.7 Å². The highest BCUT2D eigenvalue weighted by molar-refractivity contribution is 6.04. The van der Waals surface area contributed by atoms with Crippen LogP contribution in [0.2, 0.25) is 0 Å². The molecule has 2 aromatic carbocycles. The van der Waals surface area contributed by atoms with Gasteiger partial charge in [0.15, 0.2) is 0 Å². The quantitative estimate of drug-likeness (QED) is 0.0763. The normalized spacial score (nSPS) is 12.3. The first-order chi connectivity index (χ1) is 15.5. The van der Waals surface area contributed by atoms with E-state index < -0.39 is 0 Å². The number of hydrogen-bond acceptors (Lipinski definition) is 5. The van der Waals surface area contributed by atoms with Crippen molar-refractivity contribution >= 4 is 33.6 Å². The number of rotatable bonds is 11. The van der Waals surface area contributed by atoms with E-state index in [2.05, 4.69) is 16.9 Å². The molecule has 0 fully saturated rings. The fourth-order valence-electron chi connectivity index (χ4n) is 3.67. The molecule has 8 nitrogen and oxygen atoms in total. The maximum absolute atomic E-state index is 12.5. The Morgan fingerprint density at radius 3 is 2.69 bits per heavy atom. The van der Waals surface area contributed by atoms with E-state index in [1.807, 2.05) is 36.4 Å². The van der Waals surface area contributed by atoms with Gasteiger partial charge in [-0.15, -0.1) is 0 Å². The fraction of sp³-hybridized carbons (Fsp3) is 0.292. The Labute approximate surface area is 186 Å². The van der Waals surface area contributed by atoms with E-state index in [0.717, 1.165) is 47.3 Å². The molecule has 0 spiro atoms. The monoisotopic (exact) mass is 436 g/mol. The topological polar surface area (TPSA) is 127 Å². The van der Waals surface area contributed by atoms with Crippen LogP contribution in [0.25, 0.3) is 21.8 Å². The number of carbonyl (C=O) groups is 2. The Balaban J connectivity index is 1.75. The molecule has 0 aliphatic heterocycles. The van der Waals surface area contributed by atoms with Crippen LogP contribution in [0.5, 0.6) is 0 Å². The molecule has 1 unspecified atom stereocenters. The number of carbonyl (C=O) groups excluding carboxylic acids is 2. The number of imidazole rings is 1. The maximum Gasteiger partial charge on any atom is 0.251 e. The van der Waals surface area contributed by atoms with Crippen LogP contribution in [0.4, 0.5) is 0 Å². The van der Waals surface area contributed by atoms with Gasteiger partial charge in [0, 0.05) is 17.4 Å². The van der Waals surface area contributed by atoms with Gasteiger partial charge in [-0.05, 0) is 30.4 Å². The first kappa shape index (κ1) is 23.0. The molecule has 5 N–H and O–H groups in total. The Morgan fingerprint density at radius 2 is 1.91 bits per heavy atom. The minimum Gasteiger partial charge on any atom is -0.516 e. The Bertz CT molecular complexity index is 1140. The number of amides is 2. The molecular weight excluding hydrogens is 408 g/mol. The lowest BCUT2D eigenvalue weighted by molar-refractivity contribution is -0.129. The van der Waals surface area contributed by atoms with Crippen molar-refractivity contribution in [3.8, 4) is 0 Å². The summed E-state index contributed by atoms with van der Waals surface area (Å²) in [5.41, 5.74) is 3.52. The highest BCUT2D eigenvalue weighted by Crippen LogP contribution is 2.27. The van der Waals surface area contributed by atoms with Gasteiger partial charge in [0.25, 0.3) is 5.91 Å². The first-order valence-electron chi connectivity index (χ1n) is 10.6. The van der Waals surface area contributed by atoms with Crippen molar-refractivity contribution in [3.63, 3.8) is 0 Å². The van der Waals surface area contributed by atoms with E-state index in [1.54, 1.807) is 5.48 Å². The third-order valence-electron chi connectivity index (χ3n) is 5.37. The molecule has 0 aliphatic rings. The Kier molecular flexibility index (Phi) is 7.99. The molecule has 8 heteroatoms. The number of benzene rings is 2. The average Bonchev–Trinajstić information content (AvgIpc) is 3.25. The number of H-pyrrole nitrogens is 1. The molecule has 32 heavy (non-hydrogen) atoms. The molecule has 0 saturated heterocycles. The molecule has 1 aromatic heterocycles. The summed E-state index contributed by atoms with van der Waals surface area (Å²) in [5, 5.41) is 22.6. The first-order valence-corrected chi connectivity index (χ1v) is 10.6. The van der Waals surface area contributed by atoms with E-state index >= 15 is 0 Å². The number of fused-ring (bicyclic) bond motifs is 3. The molecule has 0 radical (unpaired) electrons. The van der Waals surface area contributed by atoms with Gasteiger partial charge in [0.05, 0.1) is 23.3 Å². The van der Waals surface area contributed by atoms with E-state index in [4.69, 9.17) is 15.3 Å². The summed E-state index contributed by atoms with van der Waals surface area (Å²) in [6.45, 7) is 3.67. The Morgan fingerprint density at radius 1 is 1.12 bits per heavy atom. The zero-order valence-corrected chi connectivity index (χ0v) is 17.8. The van der Waals surface area contributed by atoms with Gasteiger partial charge in [-0.3, -0.25) is 14.8 Å². The smallest absolute Gasteiger partial charge is 0.251 e. The number of aromatic amines is 1. The molecule has 3 rings (SSSR count). The lowest BCUT2D eigenvalue weighted by Gasteiger charge is -2.17. The van der Waals surface area contributed by atoms with Crippen molar-refractivity contribution in [1.82, 2.24) is 20.8 Å². The van der Waals surface area contributed by atoms with Gasteiger partial charge in [-0.2, -0.15) is 0 Å². The molecule has 3 aromatic rings. The van der Waals surface area contributed by atoms with Crippen LogP contribution in [-0.4, -0.2) is 32.1 Å². The number of aliphatic hydroxyl groups is 1. The van der Waals surface area contributed by atoms with Crippen LogP contribution in [-0.2, 0) is 9.59 Å². The number of unbranched alkanes of at least 4 members (excludes halogenated alkanes) is 3. The van der Waals surface area contributed by atoms with Crippen LogP contribution in [0.3, 0.4) is 0 Å². The lowest BCUT2D eigenvalue weighted by atomic mass is 10.0. The number of aromatic nitrogens is 2. The second-order valence-electron chi connectivity index (χ2n) is 7.66. The van der Waals surface area contributed by atoms with Crippen LogP contribution in [0.15, 0.2) is 60.9 Å². The van der Waals surface area contributed by atoms with Gasteiger partial charge in [-0.1, -0.05) is 56.2 Å². The van der Waals surface area contributed by atoms with Crippen molar-refractivity contribution in [1.29, 1.82) is 0 Å². The molecule has 1 heterocycles. The summed E-state index contributed by atoms with van der Waals surface area (Å²) < 4.78 is 0. The second kappa shape index (κ2) is 11.1. The molecular formula is C24H28N4O4. The largest absolute Gasteiger partial charge is 0.516 e. The van der Waals surface area contributed by atoms with E-state index in [0.29, 0.717) is 18.7 Å². The molecule has 0 aliphatic carbocycles.